The van der Waals surface area contributed by atoms with Crippen LogP contribution in [0.2, 0.25) is 0 Å². The Morgan fingerprint density at radius 3 is 2.15 bits per heavy atom. The van der Waals surface area contributed by atoms with Crippen molar-refractivity contribution in [3.8, 4) is 0 Å². The zero-order chi connectivity index (χ0) is 29.4. The summed E-state index contributed by atoms with van der Waals surface area (Å²) in [6.07, 6.45) is 2.13. The van der Waals surface area contributed by atoms with Crippen molar-refractivity contribution in [2.75, 3.05) is 17.1 Å². The first-order valence-corrected chi connectivity index (χ1v) is 15.5. The molecular weight excluding hydrogens is 522 g/mol. The predicted molar refractivity (Wildman–Crippen MR) is 162 cm³/mol. The lowest BCUT2D eigenvalue weighted by molar-refractivity contribution is -0.140. The fourth-order valence-electron chi connectivity index (χ4n) is 4.65. The lowest BCUT2D eigenvalue weighted by Crippen LogP contribution is -2.54. The van der Waals surface area contributed by atoms with Crippen LogP contribution >= 0.6 is 0 Å². The number of rotatable bonds is 12. The minimum absolute atomic E-state index is 0.0797. The van der Waals surface area contributed by atoms with Crippen LogP contribution in [0.5, 0.6) is 0 Å². The summed E-state index contributed by atoms with van der Waals surface area (Å²) in [7, 11) is -3.81. The van der Waals surface area contributed by atoms with E-state index in [4.69, 9.17) is 0 Å². The van der Waals surface area contributed by atoms with E-state index in [1.54, 1.807) is 6.07 Å². The minimum Gasteiger partial charge on any atom is -0.352 e. The van der Waals surface area contributed by atoms with Crippen LogP contribution < -0.4 is 9.62 Å². The fraction of sp³-hybridized carbons (Fsp3) is 0.375. The van der Waals surface area contributed by atoms with E-state index in [-0.39, 0.29) is 18.5 Å². The Bertz CT molecular complexity index is 1420. The number of carbonyl (C=O) groups is 2. The summed E-state index contributed by atoms with van der Waals surface area (Å²) < 4.78 is 27.1. The Hall–Kier alpha value is -3.65. The predicted octanol–water partition coefficient (Wildman–Crippen LogP) is 4.93. The molecule has 2 amide bonds. The molecule has 0 radical (unpaired) electrons. The summed E-state index contributed by atoms with van der Waals surface area (Å²) in [5, 5.41) is 3.05. The summed E-state index contributed by atoms with van der Waals surface area (Å²) >= 11 is 0. The van der Waals surface area contributed by atoms with E-state index in [0.717, 1.165) is 44.8 Å². The maximum absolute atomic E-state index is 14.2. The van der Waals surface area contributed by atoms with Gasteiger partial charge < -0.3 is 10.2 Å². The zero-order valence-corrected chi connectivity index (χ0v) is 25.2. The van der Waals surface area contributed by atoms with Gasteiger partial charge >= 0.3 is 0 Å². The smallest absolute Gasteiger partial charge is 0.244 e. The third kappa shape index (κ3) is 8.18. The number of amides is 2. The van der Waals surface area contributed by atoms with Crippen molar-refractivity contribution in [3.63, 3.8) is 0 Å². The molecule has 3 aromatic rings. The molecule has 0 aromatic heterocycles. The van der Waals surface area contributed by atoms with E-state index in [1.165, 1.54) is 4.90 Å². The van der Waals surface area contributed by atoms with Gasteiger partial charge in [-0.3, -0.25) is 13.9 Å². The Morgan fingerprint density at radius 1 is 0.900 bits per heavy atom. The van der Waals surface area contributed by atoms with Crippen molar-refractivity contribution in [1.29, 1.82) is 0 Å². The number of carbonyl (C=O) groups excluding carboxylic acids is 2. The molecule has 0 unspecified atom stereocenters. The molecule has 8 heteroatoms. The van der Waals surface area contributed by atoms with Gasteiger partial charge in [0.2, 0.25) is 21.8 Å². The fourth-order valence-corrected chi connectivity index (χ4v) is 5.55. The molecule has 7 nitrogen and oxygen atoms in total. The summed E-state index contributed by atoms with van der Waals surface area (Å²) in [4.78, 5) is 29.5. The van der Waals surface area contributed by atoms with Crippen molar-refractivity contribution < 1.29 is 18.0 Å². The monoisotopic (exact) mass is 563 g/mol. The van der Waals surface area contributed by atoms with Crippen LogP contribution in [0, 0.1) is 20.8 Å². The van der Waals surface area contributed by atoms with Gasteiger partial charge in [0.05, 0.1) is 11.9 Å². The van der Waals surface area contributed by atoms with Crippen molar-refractivity contribution >= 4 is 27.5 Å². The first-order chi connectivity index (χ1) is 18.9. The molecule has 3 aromatic carbocycles. The van der Waals surface area contributed by atoms with Gasteiger partial charge in [-0.15, -0.1) is 0 Å². The lowest BCUT2D eigenvalue weighted by atomic mass is 10.0. The molecule has 0 saturated carbocycles. The van der Waals surface area contributed by atoms with Gasteiger partial charge in [-0.25, -0.2) is 8.42 Å². The molecule has 1 N–H and O–H groups in total. The van der Waals surface area contributed by atoms with Crippen molar-refractivity contribution in [3.05, 3.63) is 101 Å². The van der Waals surface area contributed by atoms with Gasteiger partial charge in [-0.1, -0.05) is 79.2 Å². The SMILES string of the molecule is CC[C@@H](C)NC(=O)[C@@H](Cc1ccccc1)N(Cc1ccccc1C)C(=O)CN(c1ccc(C)cc1C)S(C)(=O)=O. The maximum Gasteiger partial charge on any atom is 0.244 e. The molecule has 214 valence electrons. The second-order valence-electron chi connectivity index (χ2n) is 10.5. The number of benzene rings is 3. The van der Waals surface area contributed by atoms with E-state index in [1.807, 2.05) is 101 Å². The van der Waals surface area contributed by atoms with Crippen LogP contribution in [0.15, 0.2) is 72.8 Å². The average Bonchev–Trinajstić information content (AvgIpc) is 2.90. The van der Waals surface area contributed by atoms with Gasteiger partial charge in [0.1, 0.15) is 12.6 Å². The van der Waals surface area contributed by atoms with Gasteiger partial charge in [0.25, 0.3) is 0 Å². The summed E-state index contributed by atoms with van der Waals surface area (Å²) in [5.41, 5.74) is 4.97. The van der Waals surface area contributed by atoms with Crippen LogP contribution in [-0.4, -0.2) is 50.0 Å². The number of anilines is 1. The molecule has 3 rings (SSSR count). The second kappa shape index (κ2) is 13.6. The average molecular weight is 564 g/mol. The van der Waals surface area contributed by atoms with E-state index in [0.29, 0.717) is 12.1 Å². The molecular formula is C32H41N3O4S. The first kappa shape index (κ1) is 30.9. The van der Waals surface area contributed by atoms with Gasteiger partial charge in [0.15, 0.2) is 0 Å². The summed E-state index contributed by atoms with van der Waals surface area (Å²) in [6.45, 7) is 9.38. The number of nitrogens with zero attached hydrogens (tertiary/aromatic N) is 2. The standard InChI is InChI=1S/C32H41N3O4S/c1-7-26(5)33-32(37)30(20-27-14-9-8-10-15-27)34(21-28-16-12-11-13-24(28)3)31(36)22-35(40(6,38)39)29-18-17-23(2)19-25(29)4/h8-19,26,30H,7,20-22H2,1-6H3,(H,33,37)/t26-,30-/m1/s1. The van der Waals surface area contributed by atoms with Crippen LogP contribution in [0.4, 0.5) is 5.69 Å². The lowest BCUT2D eigenvalue weighted by Gasteiger charge is -2.34. The minimum atomic E-state index is -3.81. The summed E-state index contributed by atoms with van der Waals surface area (Å²) in [5.74, 6) is -0.716. The van der Waals surface area contributed by atoms with Crippen LogP contribution in [-0.2, 0) is 32.6 Å². The Balaban J connectivity index is 2.09. The number of sulfonamides is 1. The van der Waals surface area contributed by atoms with Gasteiger partial charge in [-0.2, -0.15) is 0 Å². The normalized spacial score (nSPS) is 12.8. The number of hydrogen-bond donors (Lipinski definition) is 1. The quantitative estimate of drug-likeness (QED) is 0.339. The third-order valence-electron chi connectivity index (χ3n) is 7.17. The number of hydrogen-bond acceptors (Lipinski definition) is 4. The highest BCUT2D eigenvalue weighted by Crippen LogP contribution is 2.25. The molecule has 0 aliphatic heterocycles. The molecule has 40 heavy (non-hydrogen) atoms. The number of nitrogens with one attached hydrogen (secondary N) is 1. The largest absolute Gasteiger partial charge is 0.352 e. The van der Waals surface area contributed by atoms with Crippen molar-refractivity contribution in [2.45, 2.75) is 66.1 Å². The molecule has 0 heterocycles. The highest BCUT2D eigenvalue weighted by Gasteiger charge is 2.33. The highest BCUT2D eigenvalue weighted by molar-refractivity contribution is 7.92. The van der Waals surface area contributed by atoms with Crippen LogP contribution in [0.3, 0.4) is 0 Å². The van der Waals surface area contributed by atoms with Crippen molar-refractivity contribution in [1.82, 2.24) is 10.2 Å². The summed E-state index contributed by atoms with van der Waals surface area (Å²) in [6, 6.07) is 21.8. The molecule has 0 bridgehead atoms. The second-order valence-corrected chi connectivity index (χ2v) is 12.4. The van der Waals surface area contributed by atoms with Gasteiger partial charge in [0, 0.05) is 19.0 Å². The molecule has 2 atom stereocenters. The zero-order valence-electron chi connectivity index (χ0n) is 24.3. The molecule has 0 aliphatic carbocycles. The Labute approximate surface area is 239 Å². The molecule has 0 aliphatic rings. The molecule has 0 spiro atoms. The highest BCUT2D eigenvalue weighted by atomic mass is 32.2. The van der Waals surface area contributed by atoms with E-state index < -0.39 is 28.5 Å². The maximum atomic E-state index is 14.2. The van der Waals surface area contributed by atoms with Crippen LogP contribution in [0.25, 0.3) is 0 Å². The van der Waals surface area contributed by atoms with Crippen molar-refractivity contribution in [2.24, 2.45) is 0 Å². The Kier molecular flexibility index (Phi) is 10.5. The molecule has 0 fully saturated rings. The van der Waals surface area contributed by atoms with Crippen LogP contribution in [0.1, 0.15) is 48.1 Å². The van der Waals surface area contributed by atoms with E-state index in [9.17, 15) is 18.0 Å². The topological polar surface area (TPSA) is 86.8 Å². The van der Waals surface area contributed by atoms with E-state index in [2.05, 4.69) is 5.32 Å². The first-order valence-electron chi connectivity index (χ1n) is 13.6. The molecule has 0 saturated heterocycles. The van der Waals surface area contributed by atoms with Gasteiger partial charge in [-0.05, 0) is 62.4 Å². The van der Waals surface area contributed by atoms with E-state index >= 15 is 0 Å². The number of aryl methyl sites for hydroxylation is 3. The third-order valence-corrected chi connectivity index (χ3v) is 8.30. The Morgan fingerprint density at radius 2 is 1.55 bits per heavy atom.